The molecular weight excluding hydrogens is 541 g/mol. The number of amides is 2. The number of nitrogens with zero attached hydrogens (tertiary/aromatic N) is 4. The van der Waals surface area contributed by atoms with Crippen molar-refractivity contribution in [1.29, 1.82) is 5.26 Å². The number of carbonyl (C=O) groups is 2. The quantitative estimate of drug-likeness (QED) is 0.229. The zero-order valence-electron chi connectivity index (χ0n) is 23.9. The molecule has 0 saturated carbocycles. The molecular formula is C30H32FN7O4. The maximum atomic E-state index is 14.4. The molecule has 4 aromatic rings. The molecule has 0 spiro atoms. The number of halogens is 1. The molecule has 11 nitrogen and oxygen atoms in total. The number of rotatable bonds is 9. The Morgan fingerprint density at radius 3 is 2.48 bits per heavy atom. The van der Waals surface area contributed by atoms with Crippen LogP contribution in [0.4, 0.5) is 20.6 Å². The Kier molecular flexibility index (Phi) is 8.44. The minimum atomic E-state index is -1.68. The molecule has 218 valence electrons. The van der Waals surface area contributed by atoms with Crippen molar-refractivity contribution >= 4 is 28.9 Å². The average Bonchev–Trinajstić information content (AvgIpc) is 3.38. The maximum Gasteiger partial charge on any atom is 0.407 e. The summed E-state index contributed by atoms with van der Waals surface area (Å²) in [6.07, 6.45) is 0.589. The molecule has 2 amide bonds. The lowest BCUT2D eigenvalue weighted by Gasteiger charge is -2.26. The van der Waals surface area contributed by atoms with E-state index in [1.54, 1.807) is 40.9 Å². The minimum Gasteiger partial charge on any atom is -0.453 e. The Morgan fingerprint density at radius 2 is 1.83 bits per heavy atom. The van der Waals surface area contributed by atoms with Crippen LogP contribution in [0.25, 0.3) is 16.9 Å². The van der Waals surface area contributed by atoms with Gasteiger partial charge in [-0.1, -0.05) is 12.1 Å². The molecule has 3 aromatic heterocycles. The number of pyridine rings is 1. The van der Waals surface area contributed by atoms with E-state index < -0.39 is 35.9 Å². The van der Waals surface area contributed by atoms with E-state index in [1.165, 1.54) is 33.4 Å². The molecule has 1 unspecified atom stereocenters. The van der Waals surface area contributed by atoms with E-state index >= 15 is 0 Å². The standard InChI is InChI=1S/C30H32FN7O4/c1-29(2,37-28(40)42-5)19-6-8-20(9-7-19)36-23-13-24(25-11-10-21-12-18(14-32)15-35-38(21)25)33-16-22(23)27(39)34-17-26(31)30(3,4)41/h6-13,15-16,26,41H,17H2,1-5H3,(H,33,36)(H,34,39)(H,37,40). The second kappa shape index (κ2) is 11.8. The molecule has 0 aliphatic heterocycles. The summed E-state index contributed by atoms with van der Waals surface area (Å²) in [5, 5.41) is 32.0. The summed E-state index contributed by atoms with van der Waals surface area (Å²) in [6, 6.07) is 16.3. The first-order valence-corrected chi connectivity index (χ1v) is 13.1. The van der Waals surface area contributed by atoms with Gasteiger partial charge in [0.25, 0.3) is 5.91 Å². The largest absolute Gasteiger partial charge is 0.453 e. The molecule has 1 aromatic carbocycles. The van der Waals surface area contributed by atoms with Crippen LogP contribution in [0.2, 0.25) is 0 Å². The van der Waals surface area contributed by atoms with Crippen LogP contribution < -0.4 is 16.0 Å². The highest BCUT2D eigenvalue weighted by Crippen LogP contribution is 2.29. The lowest BCUT2D eigenvalue weighted by atomic mass is 9.94. The molecule has 0 radical (unpaired) electrons. The van der Waals surface area contributed by atoms with Crippen LogP contribution in [0.15, 0.2) is 60.9 Å². The molecule has 0 aliphatic rings. The van der Waals surface area contributed by atoms with E-state index in [-0.39, 0.29) is 5.56 Å². The van der Waals surface area contributed by atoms with Gasteiger partial charge in [0.1, 0.15) is 12.2 Å². The molecule has 12 heteroatoms. The Morgan fingerprint density at radius 1 is 1.12 bits per heavy atom. The zero-order chi connectivity index (χ0) is 30.7. The van der Waals surface area contributed by atoms with Gasteiger partial charge in [-0.3, -0.25) is 9.78 Å². The molecule has 0 fully saturated rings. The highest BCUT2D eigenvalue weighted by molar-refractivity contribution is 6.00. The fraction of sp³-hybridized carbons (Fsp3) is 0.300. The van der Waals surface area contributed by atoms with Crippen LogP contribution >= 0.6 is 0 Å². The van der Waals surface area contributed by atoms with Gasteiger partial charge in [-0.2, -0.15) is 10.4 Å². The summed E-state index contributed by atoms with van der Waals surface area (Å²) in [4.78, 5) is 29.4. The Balaban J connectivity index is 1.68. The number of hydrogen-bond acceptors (Lipinski definition) is 8. The number of alkyl halides is 1. The minimum absolute atomic E-state index is 0.152. The molecule has 0 bridgehead atoms. The summed E-state index contributed by atoms with van der Waals surface area (Å²) in [5.74, 6) is -0.583. The van der Waals surface area contributed by atoms with Crippen LogP contribution in [-0.4, -0.2) is 57.1 Å². The van der Waals surface area contributed by atoms with Crippen molar-refractivity contribution in [2.45, 2.75) is 45.0 Å². The molecule has 0 aliphatic carbocycles. The third kappa shape index (κ3) is 6.64. The van der Waals surface area contributed by atoms with Gasteiger partial charge < -0.3 is 25.8 Å². The highest BCUT2D eigenvalue weighted by Gasteiger charge is 2.28. The topological polar surface area (TPSA) is 154 Å². The third-order valence-electron chi connectivity index (χ3n) is 6.73. The van der Waals surface area contributed by atoms with E-state index in [0.29, 0.717) is 33.8 Å². The lowest BCUT2D eigenvalue weighted by Crippen LogP contribution is -2.42. The van der Waals surface area contributed by atoms with Crippen molar-refractivity contribution < 1.29 is 23.8 Å². The van der Waals surface area contributed by atoms with Crippen LogP contribution in [0.3, 0.4) is 0 Å². The number of ether oxygens (including phenoxy) is 1. The van der Waals surface area contributed by atoms with Crippen molar-refractivity contribution in [3.63, 3.8) is 0 Å². The number of benzene rings is 1. The molecule has 1 atom stereocenters. The highest BCUT2D eigenvalue weighted by atomic mass is 19.1. The lowest BCUT2D eigenvalue weighted by molar-refractivity contribution is -0.00177. The van der Waals surface area contributed by atoms with Gasteiger partial charge in [0.15, 0.2) is 0 Å². The molecule has 4 rings (SSSR count). The van der Waals surface area contributed by atoms with Crippen molar-refractivity contribution in [2.75, 3.05) is 19.0 Å². The number of hydrogen-bond donors (Lipinski definition) is 4. The fourth-order valence-corrected chi connectivity index (χ4v) is 4.17. The number of anilines is 2. The third-order valence-corrected chi connectivity index (χ3v) is 6.73. The van der Waals surface area contributed by atoms with Crippen LogP contribution in [0, 0.1) is 11.3 Å². The Hall–Kier alpha value is -5.02. The molecule has 3 heterocycles. The van der Waals surface area contributed by atoms with Crippen molar-refractivity contribution in [3.8, 4) is 17.5 Å². The van der Waals surface area contributed by atoms with E-state index in [0.717, 1.165) is 5.56 Å². The van der Waals surface area contributed by atoms with Crippen LogP contribution in [0.1, 0.15) is 49.2 Å². The fourth-order valence-electron chi connectivity index (χ4n) is 4.17. The SMILES string of the molecule is COC(=O)NC(C)(C)c1ccc(Nc2cc(-c3ccc4cc(C#N)cnn34)ncc2C(=O)NCC(F)C(C)(C)O)cc1. The summed E-state index contributed by atoms with van der Waals surface area (Å²) in [6.45, 7) is 5.94. The number of aliphatic hydroxyl groups is 1. The summed E-state index contributed by atoms with van der Waals surface area (Å²) < 4.78 is 20.7. The van der Waals surface area contributed by atoms with Crippen LogP contribution in [-0.2, 0) is 10.3 Å². The predicted molar refractivity (Wildman–Crippen MR) is 155 cm³/mol. The number of carbonyl (C=O) groups excluding carboxylic acids is 2. The second-order valence-corrected chi connectivity index (χ2v) is 10.8. The zero-order valence-corrected chi connectivity index (χ0v) is 23.9. The maximum absolute atomic E-state index is 14.4. The first-order chi connectivity index (χ1) is 19.8. The van der Waals surface area contributed by atoms with E-state index in [4.69, 9.17) is 4.74 Å². The van der Waals surface area contributed by atoms with E-state index in [2.05, 4.69) is 32.1 Å². The van der Waals surface area contributed by atoms with Gasteiger partial charge >= 0.3 is 6.09 Å². The number of aromatic nitrogens is 3. The van der Waals surface area contributed by atoms with Crippen molar-refractivity contribution in [3.05, 3.63) is 77.6 Å². The molecule has 42 heavy (non-hydrogen) atoms. The van der Waals surface area contributed by atoms with Gasteiger partial charge in [0.05, 0.1) is 64.7 Å². The van der Waals surface area contributed by atoms with E-state index in [1.807, 2.05) is 26.0 Å². The summed E-state index contributed by atoms with van der Waals surface area (Å²) in [5.41, 5.74) is 1.89. The van der Waals surface area contributed by atoms with Gasteiger partial charge in [0.2, 0.25) is 0 Å². The number of nitriles is 1. The smallest absolute Gasteiger partial charge is 0.407 e. The second-order valence-electron chi connectivity index (χ2n) is 10.8. The number of alkyl carbamates (subject to hydrolysis) is 1. The number of fused-ring (bicyclic) bond motifs is 1. The van der Waals surface area contributed by atoms with Crippen molar-refractivity contribution in [1.82, 2.24) is 25.2 Å². The molecule has 0 saturated heterocycles. The monoisotopic (exact) mass is 573 g/mol. The van der Waals surface area contributed by atoms with Gasteiger partial charge in [0, 0.05) is 11.9 Å². The van der Waals surface area contributed by atoms with E-state index in [9.17, 15) is 24.3 Å². The van der Waals surface area contributed by atoms with Crippen molar-refractivity contribution in [2.24, 2.45) is 0 Å². The number of nitrogens with one attached hydrogen (secondary N) is 3. The Labute approximate surface area is 242 Å². The van der Waals surface area contributed by atoms with Gasteiger partial charge in [-0.15, -0.1) is 0 Å². The van der Waals surface area contributed by atoms with Crippen LogP contribution in [0.5, 0.6) is 0 Å². The van der Waals surface area contributed by atoms with Gasteiger partial charge in [-0.25, -0.2) is 13.7 Å². The average molecular weight is 574 g/mol. The molecule has 4 N–H and O–H groups in total. The summed E-state index contributed by atoms with van der Waals surface area (Å²) >= 11 is 0. The Bertz CT molecular complexity index is 1650. The predicted octanol–water partition coefficient (Wildman–Crippen LogP) is 4.44. The number of methoxy groups -OCH3 is 1. The summed E-state index contributed by atoms with van der Waals surface area (Å²) in [7, 11) is 1.30. The van der Waals surface area contributed by atoms with Gasteiger partial charge in [-0.05, 0) is 69.7 Å². The first-order valence-electron chi connectivity index (χ1n) is 13.1. The first kappa shape index (κ1) is 30.0. The normalized spacial score (nSPS) is 12.3.